The highest BCUT2D eigenvalue weighted by atomic mass is 16.3. The Morgan fingerprint density at radius 2 is 1.00 bits per heavy atom. The van der Waals surface area contributed by atoms with Crippen molar-refractivity contribution in [3.63, 3.8) is 0 Å². The van der Waals surface area contributed by atoms with E-state index < -0.39 is 24.3 Å². The fourth-order valence-electron chi connectivity index (χ4n) is 4.63. The Hall–Kier alpha value is -3.80. The zero-order valence-electron chi connectivity index (χ0n) is 15.7. The lowest BCUT2D eigenvalue weighted by molar-refractivity contribution is 0.141. The van der Waals surface area contributed by atoms with E-state index in [1.165, 1.54) is 0 Å². The van der Waals surface area contributed by atoms with Crippen molar-refractivity contribution in [1.82, 2.24) is 0 Å². The van der Waals surface area contributed by atoms with E-state index in [1.54, 1.807) is 0 Å². The number of aliphatic hydroxyl groups excluding tert-OH is 2. The summed E-state index contributed by atoms with van der Waals surface area (Å²) in [6.07, 6.45) is -2.04. The number of hydrogen-bond donors (Lipinski definition) is 2. The Bertz CT molecular complexity index is 1180. The topological polar surface area (TPSA) is 138 Å². The average Bonchev–Trinajstić information content (AvgIpc) is 2.78. The summed E-state index contributed by atoms with van der Waals surface area (Å²) in [5.41, 5.74) is 24.0. The molecule has 0 radical (unpaired) electrons. The second-order valence-electron chi connectivity index (χ2n) is 7.39. The monoisotopic (exact) mass is 396 g/mol. The van der Waals surface area contributed by atoms with Crippen molar-refractivity contribution >= 4 is 0 Å². The van der Waals surface area contributed by atoms with Gasteiger partial charge in [0, 0.05) is 9.82 Å². The molecule has 2 N–H and O–H groups in total. The van der Waals surface area contributed by atoms with Crippen molar-refractivity contribution < 1.29 is 10.2 Å². The molecule has 2 aliphatic carbocycles. The highest BCUT2D eigenvalue weighted by Gasteiger charge is 2.37. The van der Waals surface area contributed by atoms with Crippen LogP contribution in [0.3, 0.4) is 0 Å². The number of fused-ring (bicyclic) bond motifs is 6. The first-order valence-electron chi connectivity index (χ1n) is 9.46. The Balaban J connectivity index is 1.82. The van der Waals surface area contributed by atoms with Gasteiger partial charge in [-0.2, -0.15) is 0 Å². The highest BCUT2D eigenvalue weighted by Crippen LogP contribution is 2.52. The van der Waals surface area contributed by atoms with Crippen LogP contribution in [0.1, 0.15) is 46.5 Å². The van der Waals surface area contributed by atoms with Gasteiger partial charge in [0.25, 0.3) is 0 Å². The van der Waals surface area contributed by atoms with Crippen molar-refractivity contribution in [2.45, 2.75) is 24.3 Å². The molecule has 3 aromatic rings. The van der Waals surface area contributed by atoms with E-state index in [0.717, 1.165) is 33.4 Å². The van der Waals surface area contributed by atoms with E-state index >= 15 is 0 Å². The van der Waals surface area contributed by atoms with Crippen LogP contribution in [0.5, 0.6) is 0 Å². The van der Waals surface area contributed by atoms with E-state index in [2.05, 4.69) is 20.1 Å². The van der Waals surface area contributed by atoms with Crippen LogP contribution in [0.4, 0.5) is 0 Å². The summed E-state index contributed by atoms with van der Waals surface area (Å²) in [7, 11) is 0. The first kappa shape index (κ1) is 18.2. The molecule has 0 saturated heterocycles. The molecule has 4 unspecified atom stereocenters. The minimum Gasteiger partial charge on any atom is -0.388 e. The van der Waals surface area contributed by atoms with Crippen molar-refractivity contribution in [3.05, 3.63) is 104 Å². The lowest BCUT2D eigenvalue weighted by atomic mass is 9.74. The largest absolute Gasteiger partial charge is 0.388 e. The SMILES string of the molecule is [N-]=[N+]=NC1c2ccccc2-c2cc3c(cc2C1O)-c1ccccc1C(N=[N+]=[N-])C3O. The fourth-order valence-corrected chi connectivity index (χ4v) is 4.63. The van der Waals surface area contributed by atoms with Gasteiger partial charge >= 0.3 is 0 Å². The van der Waals surface area contributed by atoms with Gasteiger partial charge in [-0.15, -0.1) is 0 Å². The van der Waals surface area contributed by atoms with Crippen molar-refractivity contribution in [1.29, 1.82) is 0 Å². The Morgan fingerprint density at radius 3 is 1.40 bits per heavy atom. The molecular formula is C22H16N6O2. The number of aliphatic hydroxyl groups is 2. The average molecular weight is 396 g/mol. The minimum absolute atomic E-state index is 0.633. The zero-order valence-corrected chi connectivity index (χ0v) is 15.7. The molecule has 4 atom stereocenters. The summed E-state index contributed by atoms with van der Waals surface area (Å²) in [5.74, 6) is 0. The van der Waals surface area contributed by atoms with Crippen molar-refractivity contribution in [2.75, 3.05) is 0 Å². The van der Waals surface area contributed by atoms with E-state index in [4.69, 9.17) is 11.1 Å². The third-order valence-electron chi connectivity index (χ3n) is 5.95. The first-order chi connectivity index (χ1) is 14.7. The first-order valence-corrected chi connectivity index (χ1v) is 9.46. The fraction of sp³-hybridized carbons (Fsp3) is 0.182. The molecule has 0 fully saturated rings. The van der Waals surface area contributed by atoms with Crippen molar-refractivity contribution in [3.8, 4) is 22.3 Å². The molecule has 0 bridgehead atoms. The molecule has 30 heavy (non-hydrogen) atoms. The molecule has 3 aromatic carbocycles. The molecule has 8 nitrogen and oxygen atoms in total. The predicted molar refractivity (Wildman–Crippen MR) is 111 cm³/mol. The maximum atomic E-state index is 11.1. The van der Waals surface area contributed by atoms with Crippen LogP contribution in [-0.2, 0) is 0 Å². The van der Waals surface area contributed by atoms with Crippen LogP contribution in [0, 0.1) is 0 Å². The number of nitrogens with zero attached hydrogens (tertiary/aromatic N) is 6. The molecular weight excluding hydrogens is 380 g/mol. The molecule has 0 heterocycles. The van der Waals surface area contributed by atoms with Gasteiger partial charge in [-0.05, 0) is 67.7 Å². The molecule has 0 saturated carbocycles. The third kappa shape index (κ3) is 2.50. The van der Waals surface area contributed by atoms with Gasteiger partial charge in [0.15, 0.2) is 0 Å². The number of azide groups is 2. The predicted octanol–water partition coefficient (Wildman–Crippen LogP) is 5.82. The normalized spacial score (nSPS) is 23.0. The Labute approximate surface area is 171 Å². The lowest BCUT2D eigenvalue weighted by Gasteiger charge is -2.35. The molecule has 2 aliphatic rings. The van der Waals surface area contributed by atoms with Gasteiger partial charge in [0.1, 0.15) is 0 Å². The second-order valence-corrected chi connectivity index (χ2v) is 7.39. The van der Waals surface area contributed by atoms with E-state index in [0.29, 0.717) is 11.1 Å². The van der Waals surface area contributed by atoms with Gasteiger partial charge < -0.3 is 10.2 Å². The molecule has 8 heteroatoms. The molecule has 0 amide bonds. The molecule has 5 rings (SSSR count). The summed E-state index contributed by atoms with van der Waals surface area (Å²) < 4.78 is 0. The van der Waals surface area contributed by atoms with Crippen LogP contribution in [0.15, 0.2) is 70.9 Å². The molecule has 0 aromatic heterocycles. The summed E-state index contributed by atoms with van der Waals surface area (Å²) in [4.78, 5) is 5.85. The second kappa shape index (κ2) is 6.91. The lowest BCUT2D eigenvalue weighted by Crippen LogP contribution is -2.20. The summed E-state index contributed by atoms with van der Waals surface area (Å²) in [5, 5.41) is 29.8. The van der Waals surface area contributed by atoms with E-state index in [9.17, 15) is 10.2 Å². The van der Waals surface area contributed by atoms with Gasteiger partial charge in [-0.1, -0.05) is 58.8 Å². The maximum absolute atomic E-state index is 11.1. The van der Waals surface area contributed by atoms with Crippen LogP contribution >= 0.6 is 0 Å². The van der Waals surface area contributed by atoms with Crippen LogP contribution in [0.2, 0.25) is 0 Å². The maximum Gasteiger partial charge on any atom is 0.0932 e. The summed E-state index contributed by atoms with van der Waals surface area (Å²) in [6.45, 7) is 0. The minimum atomic E-state index is -1.02. The van der Waals surface area contributed by atoms with Crippen LogP contribution in [0.25, 0.3) is 43.1 Å². The molecule has 0 spiro atoms. The quantitative estimate of drug-likeness (QED) is 0.320. The smallest absolute Gasteiger partial charge is 0.0932 e. The third-order valence-corrected chi connectivity index (χ3v) is 5.95. The summed E-state index contributed by atoms with van der Waals surface area (Å²) in [6, 6.07) is 17.1. The number of rotatable bonds is 2. The Kier molecular flexibility index (Phi) is 4.20. The van der Waals surface area contributed by atoms with Gasteiger partial charge in [-0.3, -0.25) is 0 Å². The number of hydrogen-bond acceptors (Lipinski definition) is 4. The van der Waals surface area contributed by atoms with Crippen LogP contribution in [-0.4, -0.2) is 10.2 Å². The zero-order chi connectivity index (χ0) is 20.8. The Morgan fingerprint density at radius 1 is 0.600 bits per heavy atom. The van der Waals surface area contributed by atoms with E-state index in [-0.39, 0.29) is 0 Å². The van der Waals surface area contributed by atoms with Crippen LogP contribution < -0.4 is 0 Å². The van der Waals surface area contributed by atoms with Gasteiger partial charge in [-0.25, -0.2) is 0 Å². The highest BCUT2D eigenvalue weighted by molar-refractivity contribution is 5.83. The molecule has 146 valence electrons. The summed E-state index contributed by atoms with van der Waals surface area (Å²) >= 11 is 0. The van der Waals surface area contributed by atoms with Crippen molar-refractivity contribution in [2.24, 2.45) is 10.2 Å². The van der Waals surface area contributed by atoms with Gasteiger partial charge in [0.05, 0.1) is 24.3 Å². The molecule has 0 aliphatic heterocycles. The van der Waals surface area contributed by atoms with Gasteiger partial charge in [0.2, 0.25) is 0 Å². The standard InChI is InChI=1S/C22H16N6O2/c23-27-25-19-13-7-3-1-5-11(13)15-9-18-16(10-17(15)21(19)29)12-6-2-4-8-14(12)20(22(18)30)26-28-24/h1-10,19-22,29-30H. The number of benzene rings is 3. The van der Waals surface area contributed by atoms with E-state index in [1.807, 2.05) is 60.7 Å².